The van der Waals surface area contributed by atoms with Crippen LogP contribution < -0.4 is 0 Å². The van der Waals surface area contributed by atoms with E-state index in [0.29, 0.717) is 11.5 Å². The van der Waals surface area contributed by atoms with Crippen LogP contribution in [0.25, 0.3) is 0 Å². The summed E-state index contributed by atoms with van der Waals surface area (Å²) in [6.07, 6.45) is 0. The van der Waals surface area contributed by atoms with Crippen molar-refractivity contribution < 1.29 is 9.53 Å². The Balaban J connectivity index is 1.95. The van der Waals surface area contributed by atoms with Gasteiger partial charge in [-0.2, -0.15) is 0 Å². The van der Waals surface area contributed by atoms with Crippen molar-refractivity contribution in [3.05, 3.63) is 57.8 Å². The van der Waals surface area contributed by atoms with Gasteiger partial charge >= 0.3 is 5.97 Å². The summed E-state index contributed by atoms with van der Waals surface area (Å²) in [5.41, 5.74) is 0.997. The molecule has 1 aromatic heterocycles. The molecular formula is C14H13BrO2S. The molecule has 0 aliphatic heterocycles. The lowest BCUT2D eigenvalue weighted by atomic mass is 10.2. The zero-order valence-corrected chi connectivity index (χ0v) is 12.3. The predicted molar refractivity (Wildman–Crippen MR) is 77.2 cm³/mol. The lowest BCUT2D eigenvalue weighted by Gasteiger charge is -2.03. The quantitative estimate of drug-likeness (QED) is 0.608. The van der Waals surface area contributed by atoms with Crippen LogP contribution in [0.15, 0.2) is 42.5 Å². The molecule has 0 N–H and O–H groups in total. The Kier molecular flexibility index (Phi) is 4.55. The summed E-state index contributed by atoms with van der Waals surface area (Å²) in [6.45, 7) is 2.35. The fourth-order valence-electron chi connectivity index (χ4n) is 1.47. The van der Waals surface area contributed by atoms with E-state index in [4.69, 9.17) is 4.74 Å². The molecule has 1 atom stereocenters. The summed E-state index contributed by atoms with van der Waals surface area (Å²) in [4.78, 5) is 13.9. The van der Waals surface area contributed by atoms with E-state index >= 15 is 0 Å². The molecule has 0 radical (unpaired) electrons. The average molecular weight is 325 g/mol. The Bertz CT molecular complexity index is 520. The normalized spacial score (nSPS) is 12.1. The molecule has 1 unspecified atom stereocenters. The third-order valence-electron chi connectivity index (χ3n) is 2.43. The molecule has 0 spiro atoms. The molecule has 94 valence electrons. The molecule has 0 fully saturated rings. The van der Waals surface area contributed by atoms with Crippen LogP contribution in [0.4, 0.5) is 0 Å². The second-order valence-electron chi connectivity index (χ2n) is 3.88. The van der Waals surface area contributed by atoms with E-state index in [1.165, 1.54) is 11.3 Å². The van der Waals surface area contributed by atoms with Crippen molar-refractivity contribution in [3.63, 3.8) is 0 Å². The summed E-state index contributed by atoms with van der Waals surface area (Å²) in [7, 11) is 0. The first kappa shape index (κ1) is 13.3. The fourth-order valence-corrected chi connectivity index (χ4v) is 2.73. The molecule has 1 aromatic carbocycles. The molecule has 0 saturated heterocycles. The molecule has 18 heavy (non-hydrogen) atoms. The van der Waals surface area contributed by atoms with Gasteiger partial charge in [0.2, 0.25) is 0 Å². The molecule has 2 aromatic rings. The van der Waals surface area contributed by atoms with Gasteiger partial charge in [0.05, 0.1) is 0 Å². The highest BCUT2D eigenvalue weighted by atomic mass is 79.9. The van der Waals surface area contributed by atoms with Crippen LogP contribution in [0.1, 0.15) is 31.9 Å². The predicted octanol–water partition coefficient (Wildman–Crippen LogP) is 4.56. The number of hydrogen-bond acceptors (Lipinski definition) is 3. The maximum absolute atomic E-state index is 11.8. The first-order valence-electron chi connectivity index (χ1n) is 5.61. The summed E-state index contributed by atoms with van der Waals surface area (Å²) < 4.78 is 5.26. The molecule has 1 heterocycles. The maximum atomic E-state index is 11.8. The molecule has 2 nitrogen and oxygen atoms in total. The van der Waals surface area contributed by atoms with Gasteiger partial charge in [-0.05, 0) is 24.6 Å². The van der Waals surface area contributed by atoms with Gasteiger partial charge in [0.15, 0.2) is 0 Å². The Morgan fingerprint density at radius 1 is 1.28 bits per heavy atom. The smallest absolute Gasteiger partial charge is 0.348 e. The minimum Gasteiger partial charge on any atom is -0.457 e. The van der Waals surface area contributed by atoms with E-state index in [2.05, 4.69) is 15.9 Å². The highest BCUT2D eigenvalue weighted by molar-refractivity contribution is 9.09. The van der Waals surface area contributed by atoms with Gasteiger partial charge in [0.1, 0.15) is 11.5 Å². The summed E-state index contributed by atoms with van der Waals surface area (Å²) in [5.74, 6) is -0.261. The second-order valence-corrected chi connectivity index (χ2v) is 6.37. The van der Waals surface area contributed by atoms with E-state index < -0.39 is 0 Å². The van der Waals surface area contributed by atoms with Crippen LogP contribution in [0.2, 0.25) is 0 Å². The van der Waals surface area contributed by atoms with Crippen molar-refractivity contribution in [2.75, 3.05) is 0 Å². The minimum absolute atomic E-state index is 0.261. The number of ether oxygens (including phenoxy) is 1. The molecule has 0 aliphatic carbocycles. The van der Waals surface area contributed by atoms with Crippen LogP contribution in [0.3, 0.4) is 0 Å². The fraction of sp³-hybridized carbons (Fsp3) is 0.214. The third-order valence-corrected chi connectivity index (χ3v) is 4.48. The highest BCUT2D eigenvalue weighted by Gasteiger charge is 2.12. The van der Waals surface area contributed by atoms with Crippen LogP contribution in [0, 0.1) is 0 Å². The lowest BCUT2D eigenvalue weighted by molar-refractivity contribution is 0.0478. The standard InChI is InChI=1S/C14H13BrO2S/c1-10(15)12-7-8-13(18-12)14(16)17-9-11-5-3-2-4-6-11/h2-8,10H,9H2,1H3. The van der Waals surface area contributed by atoms with Gasteiger partial charge in [0, 0.05) is 9.70 Å². The van der Waals surface area contributed by atoms with E-state index in [1.54, 1.807) is 0 Å². The second kappa shape index (κ2) is 6.16. The largest absolute Gasteiger partial charge is 0.457 e. The number of benzene rings is 1. The zero-order chi connectivity index (χ0) is 13.0. The molecular weight excluding hydrogens is 312 g/mol. The van der Waals surface area contributed by atoms with Crippen molar-refractivity contribution in [3.8, 4) is 0 Å². The number of rotatable bonds is 4. The van der Waals surface area contributed by atoms with Crippen molar-refractivity contribution in [2.45, 2.75) is 18.4 Å². The monoisotopic (exact) mass is 324 g/mol. The summed E-state index contributed by atoms with van der Waals surface area (Å²) >= 11 is 4.94. The van der Waals surface area contributed by atoms with Crippen molar-refractivity contribution in [1.82, 2.24) is 0 Å². The number of carbonyl (C=O) groups excluding carboxylic acids is 1. The Morgan fingerprint density at radius 2 is 2.00 bits per heavy atom. The van der Waals surface area contributed by atoms with Crippen LogP contribution >= 0.6 is 27.3 Å². The maximum Gasteiger partial charge on any atom is 0.348 e. The Morgan fingerprint density at radius 3 is 2.61 bits per heavy atom. The third kappa shape index (κ3) is 3.43. The Hall–Kier alpha value is -1.13. The summed E-state index contributed by atoms with van der Waals surface area (Å²) in [5, 5.41) is 0. The number of esters is 1. The Labute approximate surface area is 119 Å². The van der Waals surface area contributed by atoms with E-state index in [1.807, 2.05) is 49.4 Å². The zero-order valence-electron chi connectivity index (χ0n) is 9.93. The van der Waals surface area contributed by atoms with Crippen molar-refractivity contribution in [1.29, 1.82) is 0 Å². The van der Waals surface area contributed by atoms with Gasteiger partial charge in [-0.25, -0.2) is 4.79 Å². The summed E-state index contributed by atoms with van der Waals surface area (Å²) in [6, 6.07) is 13.4. The number of hydrogen-bond donors (Lipinski definition) is 0. The molecule has 0 aliphatic rings. The van der Waals surface area contributed by atoms with Gasteiger partial charge in [-0.1, -0.05) is 46.3 Å². The van der Waals surface area contributed by atoms with E-state index in [0.717, 1.165) is 10.4 Å². The number of alkyl halides is 1. The van der Waals surface area contributed by atoms with Crippen molar-refractivity contribution in [2.24, 2.45) is 0 Å². The van der Waals surface area contributed by atoms with Gasteiger partial charge in [-0.3, -0.25) is 0 Å². The van der Waals surface area contributed by atoms with E-state index in [9.17, 15) is 4.79 Å². The topological polar surface area (TPSA) is 26.3 Å². The molecule has 0 bridgehead atoms. The van der Waals surface area contributed by atoms with Crippen molar-refractivity contribution >= 4 is 33.2 Å². The first-order valence-corrected chi connectivity index (χ1v) is 7.35. The van der Waals surface area contributed by atoms with Gasteiger partial charge in [0.25, 0.3) is 0 Å². The SMILES string of the molecule is CC(Br)c1ccc(C(=O)OCc2ccccc2)s1. The molecule has 0 amide bonds. The molecule has 4 heteroatoms. The van der Waals surface area contributed by atoms with Crippen LogP contribution in [0.5, 0.6) is 0 Å². The number of halogens is 1. The van der Waals surface area contributed by atoms with Crippen LogP contribution in [-0.2, 0) is 11.3 Å². The molecule has 0 saturated carbocycles. The van der Waals surface area contributed by atoms with Gasteiger partial charge in [-0.15, -0.1) is 11.3 Å². The van der Waals surface area contributed by atoms with Crippen LogP contribution in [-0.4, -0.2) is 5.97 Å². The molecule has 2 rings (SSSR count). The number of thiophene rings is 1. The lowest BCUT2D eigenvalue weighted by Crippen LogP contribution is -2.02. The van der Waals surface area contributed by atoms with E-state index in [-0.39, 0.29) is 10.8 Å². The first-order chi connectivity index (χ1) is 8.66. The van der Waals surface area contributed by atoms with Gasteiger partial charge < -0.3 is 4.74 Å². The average Bonchev–Trinajstić information content (AvgIpc) is 2.87. The number of carbonyl (C=O) groups is 1. The minimum atomic E-state index is -0.261. The highest BCUT2D eigenvalue weighted by Crippen LogP contribution is 2.29.